The van der Waals surface area contributed by atoms with Crippen LogP contribution in [-0.4, -0.2) is 57.5 Å². The first-order valence-electron chi connectivity index (χ1n) is 12.3. The number of nitrogens with zero attached hydrogens (tertiary/aromatic N) is 4. The maximum atomic E-state index is 12.5. The van der Waals surface area contributed by atoms with Crippen LogP contribution in [0.1, 0.15) is 68.0 Å². The molecule has 0 radical (unpaired) electrons. The van der Waals surface area contributed by atoms with Gasteiger partial charge in [-0.25, -0.2) is 0 Å². The standard InChI is InChI=1S/C27H32N4O3/c1-17(2)18-4-6-21(7-5-18)27(32,26(3)15-31(16-26)23-8-9-23)22-10-19(11-28-12-22)24-29-25(34-30-24)20-13-33-14-20/h4-7,10-12,17,20,23,32H,8-9,13-16H2,1-3H3. The maximum absolute atomic E-state index is 12.5. The molecule has 1 aliphatic carbocycles. The second-order valence-electron chi connectivity index (χ2n) is 10.8. The Morgan fingerprint density at radius 1 is 1.09 bits per heavy atom. The Hall–Kier alpha value is -2.61. The number of likely N-dealkylation sites (tertiary alicyclic amines) is 1. The Bertz CT molecular complexity index is 1180. The van der Waals surface area contributed by atoms with Crippen LogP contribution in [0.4, 0.5) is 0 Å². The van der Waals surface area contributed by atoms with Crippen LogP contribution in [0.15, 0.2) is 47.2 Å². The summed E-state index contributed by atoms with van der Waals surface area (Å²) in [6, 6.07) is 11.1. The van der Waals surface area contributed by atoms with Gasteiger partial charge in [0.1, 0.15) is 5.60 Å². The Morgan fingerprint density at radius 3 is 2.44 bits per heavy atom. The molecule has 2 saturated heterocycles. The van der Waals surface area contributed by atoms with Gasteiger partial charge in [-0.3, -0.25) is 9.88 Å². The molecule has 0 amide bonds. The average Bonchev–Trinajstić information content (AvgIpc) is 3.52. The van der Waals surface area contributed by atoms with E-state index in [-0.39, 0.29) is 11.3 Å². The van der Waals surface area contributed by atoms with Crippen molar-refractivity contribution in [3.05, 3.63) is 65.3 Å². The van der Waals surface area contributed by atoms with Crippen molar-refractivity contribution >= 4 is 0 Å². The molecule has 0 bridgehead atoms. The van der Waals surface area contributed by atoms with E-state index in [1.807, 2.05) is 6.07 Å². The number of hydrogen-bond acceptors (Lipinski definition) is 7. The van der Waals surface area contributed by atoms with Crippen LogP contribution >= 0.6 is 0 Å². The van der Waals surface area contributed by atoms with Crippen molar-refractivity contribution in [2.24, 2.45) is 5.41 Å². The fourth-order valence-corrected chi connectivity index (χ4v) is 5.41. The zero-order valence-electron chi connectivity index (χ0n) is 20.1. The molecule has 2 aliphatic heterocycles. The number of hydrogen-bond donors (Lipinski definition) is 1. The molecule has 3 fully saturated rings. The summed E-state index contributed by atoms with van der Waals surface area (Å²) in [5.41, 5.74) is 2.14. The number of ether oxygens (including phenoxy) is 1. The predicted molar refractivity (Wildman–Crippen MR) is 127 cm³/mol. The predicted octanol–water partition coefficient (Wildman–Crippen LogP) is 4.09. The minimum absolute atomic E-state index is 0.163. The highest BCUT2D eigenvalue weighted by Gasteiger charge is 2.58. The van der Waals surface area contributed by atoms with E-state index in [9.17, 15) is 5.11 Å². The van der Waals surface area contributed by atoms with Gasteiger partial charge in [0.2, 0.25) is 11.7 Å². The van der Waals surface area contributed by atoms with Crippen LogP contribution in [0.2, 0.25) is 0 Å². The molecular formula is C27H32N4O3. The Morgan fingerprint density at radius 2 is 1.82 bits per heavy atom. The normalized spacial score (nSPS) is 22.3. The molecule has 4 heterocycles. The van der Waals surface area contributed by atoms with Gasteiger partial charge in [-0.05, 0) is 36.0 Å². The average molecular weight is 461 g/mol. The minimum Gasteiger partial charge on any atom is -0.380 e. The van der Waals surface area contributed by atoms with Gasteiger partial charge >= 0.3 is 0 Å². The lowest BCUT2D eigenvalue weighted by atomic mass is 9.61. The van der Waals surface area contributed by atoms with Gasteiger partial charge in [-0.2, -0.15) is 4.98 Å². The number of aromatic nitrogens is 3. The Balaban J connectivity index is 1.39. The highest BCUT2D eigenvalue weighted by atomic mass is 16.5. The first-order valence-corrected chi connectivity index (χ1v) is 12.3. The summed E-state index contributed by atoms with van der Waals surface area (Å²) in [5, 5.41) is 16.7. The summed E-state index contributed by atoms with van der Waals surface area (Å²) in [5.74, 6) is 1.69. The number of benzene rings is 1. The third-order valence-electron chi connectivity index (χ3n) is 7.88. The fraction of sp³-hybridized carbons (Fsp3) is 0.519. The van der Waals surface area contributed by atoms with Gasteiger partial charge in [0.25, 0.3) is 0 Å². The van der Waals surface area contributed by atoms with Gasteiger partial charge in [0.05, 0.1) is 19.1 Å². The van der Waals surface area contributed by atoms with E-state index in [2.05, 4.69) is 65.1 Å². The van der Waals surface area contributed by atoms with Gasteiger partial charge < -0.3 is 14.4 Å². The van der Waals surface area contributed by atoms with Gasteiger partial charge in [0, 0.05) is 48.1 Å². The Kier molecular flexibility index (Phi) is 5.13. The second-order valence-corrected chi connectivity index (χ2v) is 10.8. The third-order valence-corrected chi connectivity index (χ3v) is 7.88. The van der Waals surface area contributed by atoms with Gasteiger partial charge in [-0.15, -0.1) is 0 Å². The molecule has 7 heteroatoms. The van der Waals surface area contributed by atoms with Crippen molar-refractivity contribution in [2.75, 3.05) is 26.3 Å². The number of rotatable bonds is 7. The molecule has 178 valence electrons. The summed E-state index contributed by atoms with van der Waals surface area (Å²) in [6.45, 7) is 9.51. The molecule has 1 N–H and O–H groups in total. The first kappa shape index (κ1) is 21.9. The quantitative estimate of drug-likeness (QED) is 0.568. The van der Waals surface area contributed by atoms with Crippen LogP contribution in [0.5, 0.6) is 0 Å². The van der Waals surface area contributed by atoms with E-state index >= 15 is 0 Å². The number of pyridine rings is 1. The summed E-state index contributed by atoms with van der Waals surface area (Å²) in [4.78, 5) is 11.6. The van der Waals surface area contributed by atoms with Crippen LogP contribution < -0.4 is 0 Å². The fourth-order valence-electron chi connectivity index (χ4n) is 5.41. The van der Waals surface area contributed by atoms with Crippen molar-refractivity contribution in [3.63, 3.8) is 0 Å². The molecule has 3 aliphatic rings. The maximum Gasteiger partial charge on any atom is 0.234 e. The molecule has 1 atom stereocenters. The lowest BCUT2D eigenvalue weighted by molar-refractivity contribution is -0.138. The summed E-state index contributed by atoms with van der Waals surface area (Å²) in [7, 11) is 0. The van der Waals surface area contributed by atoms with Crippen LogP contribution in [0, 0.1) is 5.41 Å². The molecule has 1 saturated carbocycles. The molecule has 34 heavy (non-hydrogen) atoms. The van der Waals surface area contributed by atoms with Crippen molar-refractivity contribution in [3.8, 4) is 11.4 Å². The van der Waals surface area contributed by atoms with Crippen molar-refractivity contribution in [1.29, 1.82) is 0 Å². The molecule has 2 aromatic heterocycles. The summed E-state index contributed by atoms with van der Waals surface area (Å²) < 4.78 is 10.7. The lowest BCUT2D eigenvalue weighted by Crippen LogP contribution is -2.65. The highest BCUT2D eigenvalue weighted by Crippen LogP contribution is 2.53. The van der Waals surface area contributed by atoms with E-state index in [1.54, 1.807) is 12.4 Å². The van der Waals surface area contributed by atoms with E-state index < -0.39 is 5.60 Å². The topological polar surface area (TPSA) is 84.5 Å². The molecular weight excluding hydrogens is 428 g/mol. The van der Waals surface area contributed by atoms with E-state index in [4.69, 9.17) is 9.26 Å². The molecule has 1 aromatic carbocycles. The zero-order valence-corrected chi connectivity index (χ0v) is 20.1. The largest absolute Gasteiger partial charge is 0.380 e. The lowest BCUT2D eigenvalue weighted by Gasteiger charge is -2.57. The van der Waals surface area contributed by atoms with E-state index in [0.717, 1.165) is 29.8 Å². The van der Waals surface area contributed by atoms with Crippen molar-refractivity contribution in [2.45, 2.75) is 57.1 Å². The molecule has 7 nitrogen and oxygen atoms in total. The number of aliphatic hydroxyl groups is 1. The van der Waals surface area contributed by atoms with E-state index in [1.165, 1.54) is 18.4 Å². The zero-order chi connectivity index (χ0) is 23.5. The summed E-state index contributed by atoms with van der Waals surface area (Å²) in [6.07, 6.45) is 6.05. The second kappa shape index (κ2) is 7.97. The molecule has 3 aromatic rings. The van der Waals surface area contributed by atoms with Crippen LogP contribution in [-0.2, 0) is 10.3 Å². The first-order chi connectivity index (χ1) is 16.4. The molecule has 0 spiro atoms. The van der Waals surface area contributed by atoms with E-state index in [0.29, 0.717) is 36.9 Å². The van der Waals surface area contributed by atoms with Crippen molar-refractivity contribution in [1.82, 2.24) is 20.0 Å². The third kappa shape index (κ3) is 3.49. The monoisotopic (exact) mass is 460 g/mol. The van der Waals surface area contributed by atoms with Crippen molar-refractivity contribution < 1.29 is 14.4 Å². The molecule has 1 unspecified atom stereocenters. The molecule has 6 rings (SSSR count). The SMILES string of the molecule is CC(C)c1ccc(C(O)(c2cncc(-c3noc(C4COC4)n3)c2)C2(C)CN(C3CC3)C2)cc1. The minimum atomic E-state index is -1.19. The smallest absolute Gasteiger partial charge is 0.234 e. The van der Waals surface area contributed by atoms with Crippen LogP contribution in [0.25, 0.3) is 11.4 Å². The van der Waals surface area contributed by atoms with Gasteiger partial charge in [-0.1, -0.05) is 50.2 Å². The highest BCUT2D eigenvalue weighted by molar-refractivity contribution is 5.56. The Labute approximate surface area is 200 Å². The van der Waals surface area contributed by atoms with Crippen LogP contribution in [0.3, 0.4) is 0 Å². The summed E-state index contributed by atoms with van der Waals surface area (Å²) >= 11 is 0. The van der Waals surface area contributed by atoms with Gasteiger partial charge in [0.15, 0.2) is 0 Å².